The number of pyridine rings is 1. The Hall–Kier alpha value is -2.33. The molecule has 2 amide bonds. The van der Waals surface area contributed by atoms with Crippen LogP contribution in [0.1, 0.15) is 38.5 Å². The predicted octanol–water partition coefficient (Wildman–Crippen LogP) is -0.0343. The van der Waals surface area contributed by atoms with Gasteiger partial charge in [-0.1, -0.05) is 18.9 Å². The standard InChI is InChI=1S/C18H24N4O5S/c19-16(24)18(8-2-3-9-18)17(25)21-13-6-5-11-22(12-14(13)23)28(26,27)15-7-1-4-10-20-15/h1,4,7,10,13H,2-3,5-6,8-9,11-12H2,(H2,19,24)(H,21,25). The van der Waals surface area contributed by atoms with Crippen molar-refractivity contribution in [1.29, 1.82) is 0 Å². The van der Waals surface area contributed by atoms with Crippen molar-refractivity contribution in [3.05, 3.63) is 24.4 Å². The molecule has 3 N–H and O–H groups in total. The maximum Gasteiger partial charge on any atom is 0.260 e. The van der Waals surface area contributed by atoms with Crippen LogP contribution in [-0.4, -0.2) is 54.4 Å². The van der Waals surface area contributed by atoms with Gasteiger partial charge >= 0.3 is 0 Å². The van der Waals surface area contributed by atoms with E-state index in [2.05, 4.69) is 10.3 Å². The van der Waals surface area contributed by atoms with Crippen LogP contribution < -0.4 is 11.1 Å². The molecule has 3 rings (SSSR count). The molecule has 0 spiro atoms. The van der Waals surface area contributed by atoms with Crippen molar-refractivity contribution in [2.75, 3.05) is 13.1 Å². The Balaban J connectivity index is 1.73. The van der Waals surface area contributed by atoms with Crippen LogP contribution in [0.3, 0.4) is 0 Å². The molecule has 152 valence electrons. The van der Waals surface area contributed by atoms with E-state index in [1.807, 2.05) is 0 Å². The number of amides is 2. The van der Waals surface area contributed by atoms with Crippen LogP contribution in [0.4, 0.5) is 0 Å². The summed E-state index contributed by atoms with van der Waals surface area (Å²) >= 11 is 0. The van der Waals surface area contributed by atoms with Crippen LogP contribution in [0.25, 0.3) is 0 Å². The van der Waals surface area contributed by atoms with E-state index in [0.717, 1.165) is 17.1 Å². The van der Waals surface area contributed by atoms with Gasteiger partial charge in [-0.3, -0.25) is 14.4 Å². The lowest BCUT2D eigenvalue weighted by atomic mass is 9.84. The number of hydrogen-bond acceptors (Lipinski definition) is 6. The van der Waals surface area contributed by atoms with Gasteiger partial charge in [-0.2, -0.15) is 4.31 Å². The topological polar surface area (TPSA) is 140 Å². The maximum absolute atomic E-state index is 12.7. The van der Waals surface area contributed by atoms with E-state index in [1.165, 1.54) is 12.3 Å². The van der Waals surface area contributed by atoms with E-state index in [-0.39, 0.29) is 18.1 Å². The molecule has 1 aliphatic heterocycles. The number of Topliss-reactive ketones (excluding diaryl/α,β-unsaturated/α-hetero) is 1. The molecule has 0 bridgehead atoms. The number of ketones is 1. The van der Waals surface area contributed by atoms with E-state index < -0.39 is 39.1 Å². The number of nitrogens with zero attached hydrogens (tertiary/aromatic N) is 2. The summed E-state index contributed by atoms with van der Waals surface area (Å²) < 4.78 is 26.5. The van der Waals surface area contributed by atoms with Gasteiger partial charge in [0.25, 0.3) is 10.0 Å². The third-order valence-corrected chi connectivity index (χ3v) is 7.29. The fourth-order valence-electron chi connectivity index (χ4n) is 3.85. The molecule has 2 heterocycles. The van der Waals surface area contributed by atoms with Crippen molar-refractivity contribution in [2.45, 2.75) is 49.6 Å². The zero-order valence-electron chi connectivity index (χ0n) is 15.5. The highest BCUT2D eigenvalue weighted by molar-refractivity contribution is 7.89. The van der Waals surface area contributed by atoms with Crippen LogP contribution in [0.2, 0.25) is 0 Å². The number of carbonyl (C=O) groups excluding carboxylic acids is 3. The SMILES string of the molecule is NC(=O)C1(C(=O)NC2CCCN(S(=O)(=O)c3ccccn3)CC2=O)CCCC1. The Morgan fingerprint density at radius 2 is 1.93 bits per heavy atom. The molecule has 28 heavy (non-hydrogen) atoms. The Bertz CT molecular complexity index is 865. The average Bonchev–Trinajstić information content (AvgIpc) is 3.11. The molecular formula is C18H24N4O5S. The molecule has 0 aromatic carbocycles. The van der Waals surface area contributed by atoms with Crippen molar-refractivity contribution in [3.63, 3.8) is 0 Å². The van der Waals surface area contributed by atoms with Gasteiger partial charge in [-0.15, -0.1) is 0 Å². The molecule has 1 aromatic heterocycles. The maximum atomic E-state index is 12.7. The number of carbonyl (C=O) groups is 3. The summed E-state index contributed by atoms with van der Waals surface area (Å²) in [6, 6.07) is 3.71. The Labute approximate surface area is 163 Å². The van der Waals surface area contributed by atoms with Gasteiger partial charge in [0, 0.05) is 12.7 Å². The first-order valence-corrected chi connectivity index (χ1v) is 10.8. The van der Waals surface area contributed by atoms with Crippen molar-refractivity contribution in [1.82, 2.24) is 14.6 Å². The molecule has 1 aliphatic carbocycles. The normalized spacial score (nSPS) is 23.1. The Kier molecular flexibility index (Phi) is 5.80. The number of nitrogens with one attached hydrogen (secondary N) is 1. The summed E-state index contributed by atoms with van der Waals surface area (Å²) in [5, 5.41) is 2.54. The lowest BCUT2D eigenvalue weighted by Gasteiger charge is -2.26. The average molecular weight is 408 g/mol. The summed E-state index contributed by atoms with van der Waals surface area (Å²) in [6.07, 6.45) is 4.26. The van der Waals surface area contributed by atoms with Gasteiger partial charge in [-0.05, 0) is 37.8 Å². The van der Waals surface area contributed by atoms with E-state index in [1.54, 1.807) is 12.1 Å². The van der Waals surface area contributed by atoms with E-state index in [0.29, 0.717) is 25.7 Å². The van der Waals surface area contributed by atoms with Crippen molar-refractivity contribution in [2.24, 2.45) is 11.1 Å². The van der Waals surface area contributed by atoms with Crippen LogP contribution in [0, 0.1) is 5.41 Å². The lowest BCUT2D eigenvalue weighted by molar-refractivity contribution is -0.143. The summed E-state index contributed by atoms with van der Waals surface area (Å²) in [5.41, 5.74) is 4.20. The Morgan fingerprint density at radius 1 is 1.21 bits per heavy atom. The predicted molar refractivity (Wildman–Crippen MR) is 99.3 cm³/mol. The first-order chi connectivity index (χ1) is 13.3. The number of sulfonamides is 1. The molecule has 1 aromatic rings. The molecular weight excluding hydrogens is 384 g/mol. The first kappa shape index (κ1) is 20.4. The first-order valence-electron chi connectivity index (χ1n) is 9.32. The molecule has 9 nitrogen and oxygen atoms in total. The highest BCUT2D eigenvalue weighted by atomic mass is 32.2. The summed E-state index contributed by atoms with van der Waals surface area (Å²) in [4.78, 5) is 41.1. The zero-order chi connectivity index (χ0) is 20.4. The van der Waals surface area contributed by atoms with Crippen molar-refractivity contribution >= 4 is 27.6 Å². The highest BCUT2D eigenvalue weighted by Gasteiger charge is 2.47. The van der Waals surface area contributed by atoms with Gasteiger partial charge < -0.3 is 11.1 Å². The second-order valence-corrected chi connectivity index (χ2v) is 9.18. The summed E-state index contributed by atoms with van der Waals surface area (Å²) in [7, 11) is -3.90. The van der Waals surface area contributed by atoms with Crippen LogP contribution in [0.5, 0.6) is 0 Å². The largest absolute Gasteiger partial charge is 0.369 e. The summed E-state index contributed by atoms with van der Waals surface area (Å²) in [6.45, 7) is -0.203. The second kappa shape index (κ2) is 7.96. The number of hydrogen-bond donors (Lipinski definition) is 2. The second-order valence-electron chi connectivity index (χ2n) is 7.29. The van der Waals surface area contributed by atoms with Gasteiger partial charge in [0.15, 0.2) is 10.8 Å². The minimum Gasteiger partial charge on any atom is -0.369 e. The van der Waals surface area contributed by atoms with Crippen molar-refractivity contribution in [3.8, 4) is 0 Å². The molecule has 1 saturated carbocycles. The van der Waals surface area contributed by atoms with Gasteiger partial charge in [0.1, 0.15) is 5.41 Å². The van der Waals surface area contributed by atoms with Crippen LogP contribution in [0.15, 0.2) is 29.4 Å². The third-order valence-electron chi connectivity index (χ3n) is 5.53. The Morgan fingerprint density at radius 3 is 2.54 bits per heavy atom. The molecule has 0 radical (unpaired) electrons. The molecule has 10 heteroatoms. The minimum atomic E-state index is -3.90. The lowest BCUT2D eigenvalue weighted by Crippen LogP contribution is -2.53. The van der Waals surface area contributed by atoms with Crippen molar-refractivity contribution < 1.29 is 22.8 Å². The van der Waals surface area contributed by atoms with Crippen LogP contribution >= 0.6 is 0 Å². The zero-order valence-corrected chi connectivity index (χ0v) is 16.3. The fourth-order valence-corrected chi connectivity index (χ4v) is 5.22. The van der Waals surface area contributed by atoms with E-state index in [9.17, 15) is 22.8 Å². The molecule has 1 unspecified atom stereocenters. The molecule has 1 atom stereocenters. The molecule has 1 saturated heterocycles. The summed E-state index contributed by atoms with van der Waals surface area (Å²) in [5.74, 6) is -1.62. The highest BCUT2D eigenvalue weighted by Crippen LogP contribution is 2.38. The molecule has 2 aliphatic rings. The van der Waals surface area contributed by atoms with Gasteiger partial charge in [0.2, 0.25) is 11.8 Å². The number of rotatable bonds is 5. The number of nitrogens with two attached hydrogens (primary N) is 1. The smallest absolute Gasteiger partial charge is 0.260 e. The quantitative estimate of drug-likeness (QED) is 0.656. The minimum absolute atomic E-state index is 0.121. The fraction of sp³-hybridized carbons (Fsp3) is 0.556. The van der Waals surface area contributed by atoms with Gasteiger partial charge in [0.05, 0.1) is 12.6 Å². The molecule has 2 fully saturated rings. The van der Waals surface area contributed by atoms with Crippen LogP contribution in [-0.2, 0) is 24.4 Å². The van der Waals surface area contributed by atoms with E-state index >= 15 is 0 Å². The number of primary amides is 1. The number of aromatic nitrogens is 1. The van der Waals surface area contributed by atoms with Gasteiger partial charge in [-0.25, -0.2) is 13.4 Å². The monoisotopic (exact) mass is 408 g/mol. The van der Waals surface area contributed by atoms with E-state index in [4.69, 9.17) is 5.73 Å². The third kappa shape index (κ3) is 3.79.